The third-order valence-corrected chi connectivity index (χ3v) is 13.7. The molecular formula is C64H114N2O6P+. The van der Waals surface area contributed by atoms with Gasteiger partial charge in [0, 0.05) is 6.42 Å². The molecule has 0 aliphatic heterocycles. The lowest BCUT2D eigenvalue weighted by Crippen LogP contribution is -2.45. The summed E-state index contributed by atoms with van der Waals surface area (Å²) in [6.45, 7) is 4.67. The summed E-state index contributed by atoms with van der Waals surface area (Å²) in [6, 6.07) is -0.868. The number of amides is 1. The van der Waals surface area contributed by atoms with Gasteiger partial charge < -0.3 is 19.8 Å². The lowest BCUT2D eigenvalue weighted by molar-refractivity contribution is -0.870. The Balaban J connectivity index is 4.07. The molecule has 0 aliphatic rings. The number of likely N-dealkylation sites (N-methyl/N-ethyl adjacent to an activating group) is 1. The highest BCUT2D eigenvalue weighted by molar-refractivity contribution is 7.47. The number of allylic oxidation sites excluding steroid dienone is 17. The molecule has 0 aromatic heterocycles. The zero-order chi connectivity index (χ0) is 53.5. The van der Waals surface area contributed by atoms with Gasteiger partial charge >= 0.3 is 7.82 Å². The average Bonchev–Trinajstić information content (AvgIpc) is 3.35. The van der Waals surface area contributed by atoms with Gasteiger partial charge in [-0.3, -0.25) is 13.8 Å². The fourth-order valence-corrected chi connectivity index (χ4v) is 8.83. The molecule has 0 spiro atoms. The van der Waals surface area contributed by atoms with Gasteiger partial charge in [0.25, 0.3) is 0 Å². The first-order valence-corrected chi connectivity index (χ1v) is 31.3. The Morgan fingerprint density at radius 2 is 0.836 bits per heavy atom. The molecule has 9 heteroatoms. The van der Waals surface area contributed by atoms with E-state index in [1.807, 2.05) is 27.2 Å². The highest BCUT2D eigenvalue weighted by Crippen LogP contribution is 2.43. The van der Waals surface area contributed by atoms with Crippen molar-refractivity contribution in [1.82, 2.24) is 5.32 Å². The number of nitrogens with one attached hydrogen (secondary N) is 1. The van der Waals surface area contributed by atoms with Crippen LogP contribution in [0.4, 0.5) is 0 Å². The van der Waals surface area contributed by atoms with E-state index < -0.39 is 20.0 Å². The highest BCUT2D eigenvalue weighted by Gasteiger charge is 2.27. The van der Waals surface area contributed by atoms with Crippen LogP contribution in [0, 0.1) is 0 Å². The molecule has 3 atom stereocenters. The van der Waals surface area contributed by atoms with E-state index >= 15 is 0 Å². The van der Waals surface area contributed by atoms with Crippen LogP contribution in [0.15, 0.2) is 109 Å². The van der Waals surface area contributed by atoms with Crippen molar-refractivity contribution in [2.75, 3.05) is 40.9 Å². The number of quaternary nitrogens is 1. The molecule has 0 radical (unpaired) electrons. The number of rotatable bonds is 53. The number of carbonyl (C=O) groups is 1. The summed E-state index contributed by atoms with van der Waals surface area (Å²) in [6.07, 6.45) is 79.2. The van der Waals surface area contributed by atoms with Crippen LogP contribution in [0.1, 0.15) is 239 Å². The molecule has 8 nitrogen and oxygen atoms in total. The maximum Gasteiger partial charge on any atom is 0.472 e. The first-order chi connectivity index (χ1) is 35.5. The Bertz CT molecular complexity index is 1550. The number of phosphoric ester groups is 1. The number of nitrogens with zero attached hydrogens (tertiary/aromatic N) is 1. The lowest BCUT2D eigenvalue weighted by atomic mass is 10.0. The minimum Gasteiger partial charge on any atom is -0.387 e. The van der Waals surface area contributed by atoms with Gasteiger partial charge in [-0.05, 0) is 89.9 Å². The smallest absolute Gasteiger partial charge is 0.387 e. The van der Waals surface area contributed by atoms with Crippen molar-refractivity contribution in [2.45, 2.75) is 251 Å². The molecule has 0 heterocycles. The van der Waals surface area contributed by atoms with Crippen LogP contribution in [-0.4, -0.2) is 73.4 Å². The fraction of sp³-hybridized carbons (Fsp3) is 0.703. The molecule has 0 aliphatic carbocycles. The molecule has 0 aromatic rings. The standard InChI is InChI=1S/C64H113N2O6P/c1-6-8-10-12-14-16-18-20-22-23-24-25-26-27-28-29-30-31-32-33-34-35-36-37-38-39-40-41-42-43-44-46-48-50-52-54-56-58-64(68)65-62(61-72-73(69,70)71-60-59-66(3,4)5)63(67)57-55-53-51-49-47-45-21-19-17-15-13-11-9-7-2/h8,10,14,16,20,22,24-25,27-28,30-31,33-34,47,49,55,57,62-63,67H,6-7,9,11-13,15,17-19,21,23,26,29,32,35-46,48,50-54,56,58-61H2,1-5H3,(H-,65,68,69,70)/p+1/b10-8-,16-14-,22-20-,25-24-,28-27-,31-30-,34-33-,49-47+,57-55+. The van der Waals surface area contributed by atoms with Gasteiger partial charge in [0.1, 0.15) is 13.2 Å². The van der Waals surface area contributed by atoms with Gasteiger partial charge in [-0.2, -0.15) is 0 Å². The number of unbranched alkanes of at least 4 members (excludes halogenated alkanes) is 24. The van der Waals surface area contributed by atoms with Crippen molar-refractivity contribution in [3.8, 4) is 0 Å². The number of phosphoric acid groups is 1. The van der Waals surface area contributed by atoms with Crippen molar-refractivity contribution in [1.29, 1.82) is 0 Å². The van der Waals surface area contributed by atoms with Crippen molar-refractivity contribution >= 4 is 13.7 Å². The number of carbonyl (C=O) groups excluding carboxylic acids is 1. The molecular weight excluding hydrogens is 924 g/mol. The topological polar surface area (TPSA) is 105 Å². The average molecular weight is 1040 g/mol. The number of hydrogen-bond donors (Lipinski definition) is 3. The molecule has 0 saturated heterocycles. The molecule has 3 N–H and O–H groups in total. The quantitative estimate of drug-likeness (QED) is 0.0243. The molecule has 0 rings (SSSR count). The van der Waals surface area contributed by atoms with E-state index in [4.69, 9.17) is 9.05 Å². The molecule has 73 heavy (non-hydrogen) atoms. The van der Waals surface area contributed by atoms with Gasteiger partial charge in [0.05, 0.1) is 39.9 Å². The summed E-state index contributed by atoms with van der Waals surface area (Å²) < 4.78 is 23.7. The second kappa shape index (κ2) is 54.0. The predicted octanol–water partition coefficient (Wildman–Crippen LogP) is 18.4. The number of hydrogen-bond acceptors (Lipinski definition) is 5. The normalized spacial score (nSPS) is 14.7. The van der Waals surface area contributed by atoms with Gasteiger partial charge in [-0.1, -0.05) is 252 Å². The van der Waals surface area contributed by atoms with Gasteiger partial charge in [-0.15, -0.1) is 0 Å². The van der Waals surface area contributed by atoms with Crippen molar-refractivity contribution in [3.63, 3.8) is 0 Å². The van der Waals surface area contributed by atoms with Crippen LogP contribution in [0.3, 0.4) is 0 Å². The Kier molecular flexibility index (Phi) is 51.9. The number of aliphatic hydroxyl groups excluding tert-OH is 1. The maximum atomic E-state index is 13.0. The zero-order valence-electron chi connectivity index (χ0n) is 47.8. The summed E-state index contributed by atoms with van der Waals surface area (Å²) in [5.74, 6) is -0.191. The Morgan fingerprint density at radius 3 is 1.26 bits per heavy atom. The summed E-state index contributed by atoms with van der Waals surface area (Å²) in [5.41, 5.74) is 0. The van der Waals surface area contributed by atoms with Crippen LogP contribution in [0.2, 0.25) is 0 Å². The summed E-state index contributed by atoms with van der Waals surface area (Å²) in [7, 11) is 1.55. The van der Waals surface area contributed by atoms with Crippen LogP contribution in [0.5, 0.6) is 0 Å². The first kappa shape index (κ1) is 70.2. The largest absolute Gasteiger partial charge is 0.472 e. The Hall–Kier alpha value is -2.84. The van der Waals surface area contributed by atoms with E-state index in [2.05, 4.69) is 116 Å². The molecule has 0 fully saturated rings. The van der Waals surface area contributed by atoms with Crippen LogP contribution >= 0.6 is 7.82 Å². The highest BCUT2D eigenvalue weighted by atomic mass is 31.2. The van der Waals surface area contributed by atoms with E-state index in [0.29, 0.717) is 17.4 Å². The third-order valence-electron chi connectivity index (χ3n) is 12.7. The van der Waals surface area contributed by atoms with Crippen molar-refractivity contribution < 1.29 is 32.9 Å². The fourth-order valence-electron chi connectivity index (χ4n) is 8.10. The van der Waals surface area contributed by atoms with Gasteiger partial charge in [0.2, 0.25) is 5.91 Å². The molecule has 0 bridgehead atoms. The minimum atomic E-state index is -4.36. The second-order valence-corrected chi connectivity index (χ2v) is 22.4. The van der Waals surface area contributed by atoms with E-state index in [1.54, 1.807) is 6.08 Å². The molecule has 0 saturated carbocycles. The third kappa shape index (κ3) is 56.7. The zero-order valence-corrected chi connectivity index (χ0v) is 48.7. The molecule has 0 aromatic carbocycles. The van der Waals surface area contributed by atoms with E-state index in [-0.39, 0.29) is 19.1 Å². The lowest BCUT2D eigenvalue weighted by Gasteiger charge is -2.25. The van der Waals surface area contributed by atoms with Crippen LogP contribution < -0.4 is 5.32 Å². The minimum absolute atomic E-state index is 0.0525. The SMILES string of the molecule is CC/C=C\C/C=C\C/C=C\C/C=C\C/C=C\C/C=C\C/C=C\CCCCCCCCCCCCCCCCCC(=O)NC(COP(=O)(O)OCC[N+](C)(C)C)C(O)/C=C/CC/C=C/CCCCCCCCCC. The van der Waals surface area contributed by atoms with E-state index in [1.165, 1.54) is 135 Å². The second-order valence-electron chi connectivity index (χ2n) is 21.0. The first-order valence-electron chi connectivity index (χ1n) is 29.8. The Morgan fingerprint density at radius 1 is 0.479 bits per heavy atom. The van der Waals surface area contributed by atoms with Crippen LogP contribution in [0.25, 0.3) is 0 Å². The van der Waals surface area contributed by atoms with Crippen LogP contribution in [-0.2, 0) is 18.4 Å². The summed E-state index contributed by atoms with van der Waals surface area (Å²) in [5, 5.41) is 13.9. The Labute approximate surface area is 451 Å². The molecule has 420 valence electrons. The predicted molar refractivity (Wildman–Crippen MR) is 318 cm³/mol. The molecule has 1 amide bonds. The van der Waals surface area contributed by atoms with Crippen molar-refractivity contribution in [3.05, 3.63) is 109 Å². The van der Waals surface area contributed by atoms with Crippen molar-refractivity contribution in [2.24, 2.45) is 0 Å². The van der Waals surface area contributed by atoms with Gasteiger partial charge in [0.15, 0.2) is 0 Å². The maximum absolute atomic E-state index is 13.0. The van der Waals surface area contributed by atoms with Gasteiger partial charge in [-0.25, -0.2) is 4.57 Å². The number of aliphatic hydroxyl groups is 1. The van der Waals surface area contributed by atoms with E-state index in [0.717, 1.165) is 83.5 Å². The van der Waals surface area contributed by atoms with E-state index in [9.17, 15) is 19.4 Å². The molecule has 3 unspecified atom stereocenters. The summed E-state index contributed by atoms with van der Waals surface area (Å²) >= 11 is 0. The monoisotopic (exact) mass is 1040 g/mol. The summed E-state index contributed by atoms with van der Waals surface area (Å²) in [4.78, 5) is 23.3.